The van der Waals surface area contributed by atoms with Gasteiger partial charge in [-0.05, 0) is 44.0 Å². The lowest BCUT2D eigenvalue weighted by Crippen LogP contribution is -2.37. The van der Waals surface area contributed by atoms with Crippen LogP contribution < -0.4 is 4.74 Å². The highest BCUT2D eigenvalue weighted by Crippen LogP contribution is 2.20. The predicted molar refractivity (Wildman–Crippen MR) is 75.5 cm³/mol. The first-order chi connectivity index (χ1) is 9.83. The SMILES string of the molecule is COCCN1CCC(COc2ncccc2C#N)CC1. The molecule has 1 aromatic rings. The molecule has 0 saturated carbocycles. The highest BCUT2D eigenvalue weighted by Gasteiger charge is 2.19. The lowest BCUT2D eigenvalue weighted by atomic mass is 9.98. The molecule has 1 aromatic heterocycles. The molecule has 0 unspecified atom stereocenters. The zero-order valence-electron chi connectivity index (χ0n) is 11.9. The third-order valence-electron chi connectivity index (χ3n) is 3.67. The molecule has 0 aliphatic carbocycles. The van der Waals surface area contributed by atoms with Crippen molar-refractivity contribution in [3.63, 3.8) is 0 Å². The maximum Gasteiger partial charge on any atom is 0.231 e. The Labute approximate surface area is 120 Å². The molecule has 0 atom stereocenters. The van der Waals surface area contributed by atoms with Crippen molar-refractivity contribution in [3.05, 3.63) is 23.9 Å². The van der Waals surface area contributed by atoms with E-state index in [0.29, 0.717) is 24.0 Å². The maximum atomic E-state index is 8.98. The fourth-order valence-electron chi connectivity index (χ4n) is 2.38. The summed E-state index contributed by atoms with van der Waals surface area (Å²) in [6, 6.07) is 5.59. The fourth-order valence-corrected chi connectivity index (χ4v) is 2.38. The molecule has 20 heavy (non-hydrogen) atoms. The van der Waals surface area contributed by atoms with Crippen LogP contribution in [0.2, 0.25) is 0 Å². The van der Waals surface area contributed by atoms with Gasteiger partial charge in [-0.3, -0.25) is 0 Å². The van der Waals surface area contributed by atoms with Gasteiger partial charge < -0.3 is 14.4 Å². The summed E-state index contributed by atoms with van der Waals surface area (Å²) in [6.07, 6.45) is 3.90. The molecule has 0 radical (unpaired) electrons. The van der Waals surface area contributed by atoms with E-state index in [4.69, 9.17) is 14.7 Å². The molecule has 5 heteroatoms. The monoisotopic (exact) mass is 275 g/mol. The number of hydrogen-bond donors (Lipinski definition) is 0. The van der Waals surface area contributed by atoms with Crippen molar-refractivity contribution in [3.8, 4) is 11.9 Å². The molecule has 0 amide bonds. The summed E-state index contributed by atoms with van der Waals surface area (Å²) in [5.41, 5.74) is 0.505. The fraction of sp³-hybridized carbons (Fsp3) is 0.600. The van der Waals surface area contributed by atoms with Crippen molar-refractivity contribution < 1.29 is 9.47 Å². The highest BCUT2D eigenvalue weighted by atomic mass is 16.5. The molecule has 2 heterocycles. The average molecular weight is 275 g/mol. The van der Waals surface area contributed by atoms with Crippen LogP contribution in [0.1, 0.15) is 18.4 Å². The number of methoxy groups -OCH3 is 1. The molecule has 108 valence electrons. The predicted octanol–water partition coefficient (Wildman–Crippen LogP) is 1.69. The van der Waals surface area contributed by atoms with Crippen molar-refractivity contribution in [2.45, 2.75) is 12.8 Å². The van der Waals surface area contributed by atoms with Crippen molar-refractivity contribution >= 4 is 0 Å². The first kappa shape index (κ1) is 14.8. The Morgan fingerprint density at radius 1 is 1.45 bits per heavy atom. The number of hydrogen-bond acceptors (Lipinski definition) is 5. The Bertz CT molecular complexity index is 451. The van der Waals surface area contributed by atoms with Gasteiger partial charge in [-0.25, -0.2) is 4.98 Å². The molecule has 2 rings (SSSR count). The normalized spacial score (nSPS) is 16.8. The number of likely N-dealkylation sites (tertiary alicyclic amines) is 1. The van der Waals surface area contributed by atoms with Gasteiger partial charge in [0.25, 0.3) is 0 Å². The standard InChI is InChI=1S/C15H21N3O2/c1-19-10-9-18-7-4-13(5-8-18)12-20-15-14(11-16)3-2-6-17-15/h2-3,6,13H,4-5,7-10,12H2,1H3. The largest absolute Gasteiger partial charge is 0.476 e. The van der Waals surface area contributed by atoms with E-state index in [1.54, 1.807) is 25.4 Å². The minimum atomic E-state index is 0.455. The molecule has 0 N–H and O–H groups in total. The summed E-state index contributed by atoms with van der Waals surface area (Å²) in [5.74, 6) is 0.999. The first-order valence-corrected chi connectivity index (χ1v) is 7.02. The second kappa shape index (κ2) is 7.83. The number of aromatic nitrogens is 1. The van der Waals surface area contributed by atoms with Gasteiger partial charge in [0.1, 0.15) is 11.6 Å². The number of pyridine rings is 1. The molecule has 1 saturated heterocycles. The molecule has 1 aliphatic rings. The van der Waals surface area contributed by atoms with Crippen LogP contribution in [-0.4, -0.2) is 49.8 Å². The first-order valence-electron chi connectivity index (χ1n) is 7.02. The van der Waals surface area contributed by atoms with Gasteiger partial charge >= 0.3 is 0 Å². The van der Waals surface area contributed by atoms with Gasteiger partial charge in [0.15, 0.2) is 0 Å². The number of nitriles is 1. The second-order valence-corrected chi connectivity index (χ2v) is 5.06. The van der Waals surface area contributed by atoms with Gasteiger partial charge in [-0.1, -0.05) is 0 Å². The van der Waals surface area contributed by atoms with E-state index in [2.05, 4.69) is 16.0 Å². The average Bonchev–Trinajstić information content (AvgIpc) is 2.52. The Kier molecular flexibility index (Phi) is 5.78. The summed E-state index contributed by atoms with van der Waals surface area (Å²) in [4.78, 5) is 6.54. The van der Waals surface area contributed by atoms with E-state index in [0.717, 1.165) is 39.1 Å². The van der Waals surface area contributed by atoms with E-state index in [1.165, 1.54) is 0 Å². The van der Waals surface area contributed by atoms with Crippen molar-refractivity contribution in [1.82, 2.24) is 9.88 Å². The van der Waals surface area contributed by atoms with Gasteiger partial charge in [-0.2, -0.15) is 5.26 Å². The van der Waals surface area contributed by atoms with Crippen molar-refractivity contribution in [2.24, 2.45) is 5.92 Å². The van der Waals surface area contributed by atoms with Gasteiger partial charge in [0.05, 0.1) is 13.2 Å². The van der Waals surface area contributed by atoms with E-state index in [1.807, 2.05) is 0 Å². The molecular weight excluding hydrogens is 254 g/mol. The summed E-state index contributed by atoms with van der Waals surface area (Å²) in [5, 5.41) is 8.98. The van der Waals surface area contributed by atoms with E-state index in [-0.39, 0.29) is 0 Å². The van der Waals surface area contributed by atoms with Crippen LogP contribution in [0.3, 0.4) is 0 Å². The Balaban J connectivity index is 1.75. The van der Waals surface area contributed by atoms with Crippen LogP contribution in [-0.2, 0) is 4.74 Å². The number of ether oxygens (including phenoxy) is 2. The minimum Gasteiger partial charge on any atom is -0.476 e. The van der Waals surface area contributed by atoms with Crippen LogP contribution in [0.5, 0.6) is 5.88 Å². The molecular formula is C15H21N3O2. The van der Waals surface area contributed by atoms with Crippen molar-refractivity contribution in [1.29, 1.82) is 5.26 Å². The quantitative estimate of drug-likeness (QED) is 0.790. The molecule has 1 fully saturated rings. The molecule has 0 bridgehead atoms. The van der Waals surface area contributed by atoms with E-state index in [9.17, 15) is 0 Å². The zero-order valence-corrected chi connectivity index (χ0v) is 11.9. The third kappa shape index (κ3) is 4.19. The smallest absolute Gasteiger partial charge is 0.231 e. The summed E-state index contributed by atoms with van der Waals surface area (Å²) in [7, 11) is 1.74. The van der Waals surface area contributed by atoms with E-state index < -0.39 is 0 Å². The Hall–Kier alpha value is -1.64. The lowest BCUT2D eigenvalue weighted by molar-refractivity contribution is 0.104. The second-order valence-electron chi connectivity index (χ2n) is 5.06. The topological polar surface area (TPSA) is 58.4 Å². The Morgan fingerprint density at radius 3 is 2.95 bits per heavy atom. The van der Waals surface area contributed by atoms with Gasteiger partial charge in [-0.15, -0.1) is 0 Å². The lowest BCUT2D eigenvalue weighted by Gasteiger charge is -2.31. The number of rotatable bonds is 6. The summed E-state index contributed by atoms with van der Waals surface area (Å²) >= 11 is 0. The van der Waals surface area contributed by atoms with Crippen LogP contribution in [0.4, 0.5) is 0 Å². The summed E-state index contributed by atoms with van der Waals surface area (Å²) in [6.45, 7) is 4.61. The van der Waals surface area contributed by atoms with Gasteiger partial charge in [0.2, 0.25) is 5.88 Å². The number of nitrogens with zero attached hydrogens (tertiary/aromatic N) is 3. The van der Waals surface area contributed by atoms with Gasteiger partial charge in [0, 0.05) is 19.9 Å². The third-order valence-corrected chi connectivity index (χ3v) is 3.67. The highest BCUT2D eigenvalue weighted by molar-refractivity contribution is 5.36. The number of piperidine rings is 1. The van der Waals surface area contributed by atoms with Crippen LogP contribution in [0, 0.1) is 17.2 Å². The van der Waals surface area contributed by atoms with Crippen molar-refractivity contribution in [2.75, 3.05) is 40.0 Å². The molecule has 0 spiro atoms. The van der Waals surface area contributed by atoms with Crippen LogP contribution in [0.15, 0.2) is 18.3 Å². The molecule has 1 aliphatic heterocycles. The Morgan fingerprint density at radius 2 is 2.25 bits per heavy atom. The minimum absolute atomic E-state index is 0.455. The molecule has 0 aromatic carbocycles. The zero-order chi connectivity index (χ0) is 14.2. The summed E-state index contributed by atoms with van der Waals surface area (Å²) < 4.78 is 10.8. The van der Waals surface area contributed by atoms with Crippen LogP contribution in [0.25, 0.3) is 0 Å². The molecule has 5 nitrogen and oxygen atoms in total. The van der Waals surface area contributed by atoms with E-state index >= 15 is 0 Å². The maximum absolute atomic E-state index is 8.98. The van der Waals surface area contributed by atoms with Crippen LogP contribution >= 0.6 is 0 Å².